The molecule has 2 rings (SSSR count). The van der Waals surface area contributed by atoms with Crippen LogP contribution in [0.4, 0.5) is 18.9 Å². The molecule has 0 aromatic heterocycles. The summed E-state index contributed by atoms with van der Waals surface area (Å²) in [6.07, 6.45) is -4.39. The summed E-state index contributed by atoms with van der Waals surface area (Å²) in [5.74, 6) is 5.06. The van der Waals surface area contributed by atoms with E-state index >= 15 is 0 Å². The molecule has 2 aromatic carbocycles. The van der Waals surface area contributed by atoms with Gasteiger partial charge in [-0.15, -0.1) is 0 Å². The first-order chi connectivity index (χ1) is 11.9. The molecule has 1 N–H and O–H groups in total. The van der Waals surface area contributed by atoms with Gasteiger partial charge in [-0.05, 0) is 30.3 Å². The van der Waals surface area contributed by atoms with Gasteiger partial charge >= 0.3 is 6.18 Å². The second-order valence-electron chi connectivity index (χ2n) is 5.35. The predicted molar refractivity (Wildman–Crippen MR) is 91.0 cm³/mol. The Balaban J connectivity index is 1.85. The van der Waals surface area contributed by atoms with Crippen LogP contribution in [0.25, 0.3) is 0 Å². The lowest BCUT2D eigenvalue weighted by molar-refractivity contribution is -0.137. The van der Waals surface area contributed by atoms with Gasteiger partial charge in [0.1, 0.15) is 0 Å². The number of halogens is 3. The van der Waals surface area contributed by atoms with Crippen LogP contribution in [0.2, 0.25) is 0 Å². The van der Waals surface area contributed by atoms with E-state index in [1.807, 2.05) is 30.3 Å². The number of nitrogens with one attached hydrogen (secondary N) is 1. The first kappa shape index (κ1) is 18.4. The Hall–Kier alpha value is -2.94. The van der Waals surface area contributed by atoms with Gasteiger partial charge < -0.3 is 10.2 Å². The monoisotopic (exact) mass is 346 g/mol. The molecular weight excluding hydrogens is 329 g/mol. The second-order valence-corrected chi connectivity index (χ2v) is 5.35. The molecule has 0 bridgehead atoms. The van der Waals surface area contributed by atoms with Crippen molar-refractivity contribution in [3.05, 3.63) is 65.7 Å². The number of para-hydroxylation sites is 1. The Labute approximate surface area is 144 Å². The fraction of sp³-hybridized carbons (Fsp3) is 0.211. The number of benzene rings is 2. The summed E-state index contributed by atoms with van der Waals surface area (Å²) in [6.45, 7) is 0.229. The molecule has 0 unspecified atom stereocenters. The summed E-state index contributed by atoms with van der Waals surface area (Å²) in [6, 6.07) is 14.2. The van der Waals surface area contributed by atoms with Crippen molar-refractivity contribution in [3.63, 3.8) is 0 Å². The van der Waals surface area contributed by atoms with Crippen LogP contribution in [0.15, 0.2) is 54.6 Å². The Kier molecular flexibility index (Phi) is 6.07. The first-order valence-electron chi connectivity index (χ1n) is 7.55. The maximum atomic E-state index is 12.6. The van der Waals surface area contributed by atoms with Gasteiger partial charge in [-0.25, -0.2) is 0 Å². The number of hydrogen-bond acceptors (Lipinski definition) is 2. The lowest BCUT2D eigenvalue weighted by Crippen LogP contribution is -2.35. The Morgan fingerprint density at radius 1 is 1.12 bits per heavy atom. The van der Waals surface area contributed by atoms with Crippen LogP contribution in [0.1, 0.15) is 11.1 Å². The zero-order valence-corrected chi connectivity index (χ0v) is 13.6. The van der Waals surface area contributed by atoms with E-state index in [0.29, 0.717) is 0 Å². The van der Waals surface area contributed by atoms with Gasteiger partial charge in [0.25, 0.3) is 0 Å². The highest BCUT2D eigenvalue weighted by Crippen LogP contribution is 2.29. The molecule has 0 fully saturated rings. The summed E-state index contributed by atoms with van der Waals surface area (Å²) in [5.41, 5.74) is 0.422. The van der Waals surface area contributed by atoms with Crippen LogP contribution in [0.3, 0.4) is 0 Å². The summed E-state index contributed by atoms with van der Waals surface area (Å²) >= 11 is 0. The van der Waals surface area contributed by atoms with Crippen LogP contribution in [-0.4, -0.2) is 26.0 Å². The average Bonchev–Trinajstić information content (AvgIpc) is 2.59. The molecule has 25 heavy (non-hydrogen) atoms. The minimum Gasteiger partial charge on any atom is -0.365 e. The molecule has 0 aliphatic rings. The molecule has 0 aliphatic carbocycles. The van der Waals surface area contributed by atoms with E-state index < -0.39 is 11.7 Å². The molecule has 0 radical (unpaired) electrons. The average molecular weight is 346 g/mol. The lowest BCUT2D eigenvalue weighted by Gasteiger charge is -2.18. The SMILES string of the molecule is CN(CC(=O)NCC#Cc1cccc(C(F)(F)F)c1)c1ccccc1. The normalized spacial score (nSPS) is 10.6. The topological polar surface area (TPSA) is 32.3 Å². The molecular formula is C19H17F3N2O. The van der Waals surface area contributed by atoms with Gasteiger partial charge in [0.2, 0.25) is 5.91 Å². The van der Waals surface area contributed by atoms with E-state index in [0.717, 1.165) is 17.8 Å². The number of anilines is 1. The number of carbonyl (C=O) groups is 1. The van der Waals surface area contributed by atoms with Gasteiger partial charge in [0.15, 0.2) is 0 Å². The molecule has 2 aromatic rings. The third-order valence-electron chi connectivity index (χ3n) is 3.37. The van der Waals surface area contributed by atoms with Crippen molar-refractivity contribution in [2.24, 2.45) is 0 Å². The molecule has 0 saturated carbocycles. The summed E-state index contributed by atoms with van der Waals surface area (Å²) in [7, 11) is 1.79. The van der Waals surface area contributed by atoms with Crippen molar-refractivity contribution in [2.75, 3.05) is 25.0 Å². The van der Waals surface area contributed by atoms with Crippen LogP contribution in [0, 0.1) is 11.8 Å². The van der Waals surface area contributed by atoms with Crippen LogP contribution in [-0.2, 0) is 11.0 Å². The van der Waals surface area contributed by atoms with E-state index in [1.54, 1.807) is 11.9 Å². The second kappa shape index (κ2) is 8.25. The summed E-state index contributed by atoms with van der Waals surface area (Å²) < 4.78 is 37.8. The largest absolute Gasteiger partial charge is 0.416 e. The van der Waals surface area contributed by atoms with Crippen molar-refractivity contribution in [3.8, 4) is 11.8 Å². The van der Waals surface area contributed by atoms with Crippen molar-refractivity contribution < 1.29 is 18.0 Å². The number of hydrogen-bond donors (Lipinski definition) is 1. The fourth-order valence-corrected chi connectivity index (χ4v) is 2.11. The summed E-state index contributed by atoms with van der Waals surface area (Å²) in [5, 5.41) is 2.62. The van der Waals surface area contributed by atoms with Gasteiger partial charge in [-0.1, -0.05) is 36.1 Å². The molecule has 6 heteroatoms. The van der Waals surface area contributed by atoms with Crippen LogP contribution in [0.5, 0.6) is 0 Å². The van der Waals surface area contributed by atoms with Crippen molar-refractivity contribution in [1.29, 1.82) is 0 Å². The van der Waals surface area contributed by atoms with Gasteiger partial charge in [0.05, 0.1) is 18.7 Å². The number of likely N-dealkylation sites (N-methyl/N-ethyl adjacent to an activating group) is 1. The predicted octanol–water partition coefficient (Wildman–Crippen LogP) is 3.31. The van der Waals surface area contributed by atoms with Gasteiger partial charge in [-0.3, -0.25) is 4.79 Å². The molecule has 0 saturated heterocycles. The molecule has 0 aliphatic heterocycles. The Bertz CT molecular complexity index is 776. The molecule has 130 valence electrons. The lowest BCUT2D eigenvalue weighted by atomic mass is 10.1. The first-order valence-corrected chi connectivity index (χ1v) is 7.55. The fourth-order valence-electron chi connectivity index (χ4n) is 2.11. The molecule has 1 amide bonds. The van der Waals surface area contributed by atoms with Gasteiger partial charge in [0, 0.05) is 18.3 Å². The van der Waals surface area contributed by atoms with E-state index in [1.165, 1.54) is 12.1 Å². The summed E-state index contributed by atoms with van der Waals surface area (Å²) in [4.78, 5) is 13.6. The van der Waals surface area contributed by atoms with Crippen LogP contribution < -0.4 is 10.2 Å². The highest BCUT2D eigenvalue weighted by atomic mass is 19.4. The number of nitrogens with zero attached hydrogens (tertiary/aromatic N) is 1. The number of amides is 1. The smallest absolute Gasteiger partial charge is 0.365 e. The van der Waals surface area contributed by atoms with Crippen molar-refractivity contribution in [1.82, 2.24) is 5.32 Å². The molecule has 0 heterocycles. The van der Waals surface area contributed by atoms with E-state index in [4.69, 9.17) is 0 Å². The molecule has 3 nitrogen and oxygen atoms in total. The highest BCUT2D eigenvalue weighted by molar-refractivity contribution is 5.81. The van der Waals surface area contributed by atoms with Crippen LogP contribution >= 0.6 is 0 Å². The maximum absolute atomic E-state index is 12.6. The number of rotatable bonds is 4. The maximum Gasteiger partial charge on any atom is 0.416 e. The van der Waals surface area contributed by atoms with Crippen molar-refractivity contribution in [2.45, 2.75) is 6.18 Å². The Morgan fingerprint density at radius 2 is 1.84 bits per heavy atom. The molecule has 0 spiro atoms. The van der Waals surface area contributed by atoms with Gasteiger partial charge in [-0.2, -0.15) is 13.2 Å². The minimum absolute atomic E-state index is 0.0672. The number of alkyl halides is 3. The van der Waals surface area contributed by atoms with E-state index in [9.17, 15) is 18.0 Å². The third-order valence-corrected chi connectivity index (χ3v) is 3.37. The molecule has 0 atom stereocenters. The third kappa shape index (κ3) is 5.88. The zero-order valence-electron chi connectivity index (χ0n) is 13.6. The zero-order chi connectivity index (χ0) is 18.3. The van der Waals surface area contributed by atoms with E-state index in [-0.39, 0.29) is 24.6 Å². The standard InChI is InChI=1S/C19H17F3N2O/c1-24(17-10-3-2-4-11-17)14-18(25)23-12-6-8-15-7-5-9-16(13-15)19(20,21)22/h2-5,7,9-11,13H,12,14H2,1H3,(H,23,25). The minimum atomic E-state index is -4.39. The van der Waals surface area contributed by atoms with Crippen molar-refractivity contribution >= 4 is 11.6 Å². The Morgan fingerprint density at radius 3 is 2.52 bits per heavy atom. The van der Waals surface area contributed by atoms with E-state index in [2.05, 4.69) is 17.2 Å². The highest BCUT2D eigenvalue weighted by Gasteiger charge is 2.30. The number of carbonyl (C=O) groups excluding carboxylic acids is 1. The quantitative estimate of drug-likeness (QED) is 0.862.